The molecule has 6 heteroatoms. The zero-order valence-electron chi connectivity index (χ0n) is 10.7. The maximum Gasteiger partial charge on any atom is 0.264 e. The van der Waals surface area contributed by atoms with Crippen LogP contribution in [-0.2, 0) is 11.4 Å². The van der Waals surface area contributed by atoms with Crippen molar-refractivity contribution in [3.05, 3.63) is 70.8 Å². The Morgan fingerprint density at radius 2 is 1.86 bits per heavy atom. The summed E-state index contributed by atoms with van der Waals surface area (Å²) in [5.74, 6) is -1.24. The van der Waals surface area contributed by atoms with E-state index in [2.05, 4.69) is 11.4 Å². The Morgan fingerprint density at radius 3 is 2.62 bits per heavy atom. The summed E-state index contributed by atoms with van der Waals surface area (Å²) in [7, 11) is 0. The number of alkyl halides is 2. The van der Waals surface area contributed by atoms with Gasteiger partial charge in [-0.25, -0.2) is 17.6 Å². The normalized spacial score (nSPS) is 11.3. The van der Waals surface area contributed by atoms with Crippen molar-refractivity contribution in [2.24, 2.45) is 5.16 Å². The SMILES string of the molecule is Fc1ccc(F)c(CO/N=[C]\c2ccccc2C(F)F)c1. The number of benzene rings is 2. The molecule has 0 unspecified atom stereocenters. The van der Waals surface area contributed by atoms with Crippen LogP contribution in [0.25, 0.3) is 0 Å². The summed E-state index contributed by atoms with van der Waals surface area (Å²) >= 11 is 0. The van der Waals surface area contributed by atoms with Gasteiger partial charge in [0.25, 0.3) is 6.43 Å². The van der Waals surface area contributed by atoms with Crippen molar-refractivity contribution in [1.82, 2.24) is 0 Å². The van der Waals surface area contributed by atoms with Crippen LogP contribution in [0.3, 0.4) is 0 Å². The molecule has 2 nitrogen and oxygen atoms in total. The molecular weight excluding hydrogens is 286 g/mol. The van der Waals surface area contributed by atoms with Gasteiger partial charge in [0.2, 0.25) is 0 Å². The molecule has 109 valence electrons. The van der Waals surface area contributed by atoms with Gasteiger partial charge in [0, 0.05) is 16.7 Å². The third-order valence-electron chi connectivity index (χ3n) is 2.65. The second kappa shape index (κ2) is 6.88. The summed E-state index contributed by atoms with van der Waals surface area (Å²) in [6.07, 6.45) is -0.357. The van der Waals surface area contributed by atoms with Crippen molar-refractivity contribution in [1.29, 1.82) is 0 Å². The van der Waals surface area contributed by atoms with E-state index in [1.165, 1.54) is 18.2 Å². The highest BCUT2D eigenvalue weighted by Gasteiger charge is 2.11. The zero-order valence-corrected chi connectivity index (χ0v) is 10.7. The Hall–Kier alpha value is -2.37. The molecule has 0 N–H and O–H groups in total. The summed E-state index contributed by atoms with van der Waals surface area (Å²) in [4.78, 5) is 4.76. The lowest BCUT2D eigenvalue weighted by Gasteiger charge is -2.03. The molecule has 2 aromatic rings. The lowest BCUT2D eigenvalue weighted by molar-refractivity contribution is 0.129. The summed E-state index contributed by atoms with van der Waals surface area (Å²) in [6.45, 7) is -0.326. The lowest BCUT2D eigenvalue weighted by atomic mass is 10.1. The molecule has 1 radical (unpaired) electrons. The molecule has 0 aliphatic rings. The third kappa shape index (κ3) is 4.05. The summed E-state index contributed by atoms with van der Waals surface area (Å²) < 4.78 is 51.6. The van der Waals surface area contributed by atoms with Crippen LogP contribution in [-0.4, -0.2) is 6.21 Å². The second-order valence-electron chi connectivity index (χ2n) is 4.10. The fraction of sp³-hybridized carbons (Fsp3) is 0.133. The van der Waals surface area contributed by atoms with Gasteiger partial charge >= 0.3 is 0 Å². The standard InChI is InChI=1S/C15H10F4NO/c16-12-5-6-14(17)11(7-12)9-21-20-8-10-3-1-2-4-13(10)15(18)19/h1-7,15H,9H2. The van der Waals surface area contributed by atoms with Crippen LogP contribution in [0.1, 0.15) is 23.1 Å². The van der Waals surface area contributed by atoms with Crippen LogP contribution in [0, 0.1) is 11.6 Å². The Kier molecular flexibility index (Phi) is 4.92. The molecule has 0 fully saturated rings. The predicted molar refractivity (Wildman–Crippen MR) is 69.1 cm³/mol. The van der Waals surface area contributed by atoms with Crippen LogP contribution >= 0.6 is 0 Å². The highest BCUT2D eigenvalue weighted by atomic mass is 19.3. The first-order chi connectivity index (χ1) is 10.1. The van der Waals surface area contributed by atoms with Gasteiger partial charge in [-0.05, 0) is 18.2 Å². The number of halogens is 4. The van der Waals surface area contributed by atoms with Crippen LogP contribution in [0.5, 0.6) is 0 Å². The number of rotatable bonds is 5. The van der Waals surface area contributed by atoms with E-state index in [0.717, 1.165) is 18.2 Å². The minimum absolute atomic E-state index is 0.0253. The van der Waals surface area contributed by atoms with Gasteiger partial charge in [0.05, 0.1) is 0 Å². The van der Waals surface area contributed by atoms with Gasteiger partial charge in [-0.2, -0.15) is 0 Å². The molecule has 0 amide bonds. The van der Waals surface area contributed by atoms with Crippen molar-refractivity contribution in [3.8, 4) is 0 Å². The minimum Gasteiger partial charge on any atom is -0.390 e. The molecule has 0 heterocycles. The molecule has 0 bridgehead atoms. The molecular formula is C15H10F4NO. The average Bonchev–Trinajstić information content (AvgIpc) is 2.47. The predicted octanol–water partition coefficient (Wildman–Crippen LogP) is 4.33. The van der Waals surface area contributed by atoms with Crippen LogP contribution in [0.4, 0.5) is 17.6 Å². The van der Waals surface area contributed by atoms with E-state index in [9.17, 15) is 17.6 Å². The molecule has 0 aliphatic carbocycles. The van der Waals surface area contributed by atoms with E-state index >= 15 is 0 Å². The largest absolute Gasteiger partial charge is 0.390 e. The lowest BCUT2D eigenvalue weighted by Crippen LogP contribution is -1.96. The fourth-order valence-electron chi connectivity index (χ4n) is 1.63. The molecule has 21 heavy (non-hydrogen) atoms. The van der Waals surface area contributed by atoms with E-state index in [4.69, 9.17) is 4.84 Å². The van der Waals surface area contributed by atoms with Gasteiger partial charge in [-0.3, -0.25) is 0 Å². The number of hydrogen-bond acceptors (Lipinski definition) is 2. The molecule has 0 atom stereocenters. The van der Waals surface area contributed by atoms with Gasteiger partial charge in [-0.15, -0.1) is 0 Å². The van der Waals surface area contributed by atoms with Gasteiger partial charge in [0.1, 0.15) is 24.5 Å². The van der Waals surface area contributed by atoms with E-state index in [1.807, 2.05) is 0 Å². The first kappa shape index (κ1) is 15.0. The Bertz CT molecular complexity index is 643. The molecule has 0 saturated carbocycles. The van der Waals surface area contributed by atoms with E-state index in [1.54, 1.807) is 6.07 Å². The molecule has 0 aliphatic heterocycles. The highest BCUT2D eigenvalue weighted by molar-refractivity contribution is 5.81. The summed E-state index contributed by atoms with van der Waals surface area (Å²) in [5.41, 5.74) is -0.184. The second-order valence-corrected chi connectivity index (χ2v) is 4.10. The van der Waals surface area contributed by atoms with Crippen molar-refractivity contribution < 1.29 is 22.4 Å². The monoisotopic (exact) mass is 296 g/mol. The molecule has 0 saturated heterocycles. The first-order valence-electron chi connectivity index (χ1n) is 5.97. The number of hydrogen-bond donors (Lipinski definition) is 0. The van der Waals surface area contributed by atoms with E-state index in [-0.39, 0.29) is 23.3 Å². The maximum atomic E-state index is 13.3. The Labute approximate surface area is 118 Å². The topological polar surface area (TPSA) is 21.6 Å². The zero-order chi connectivity index (χ0) is 15.2. The van der Waals surface area contributed by atoms with Crippen molar-refractivity contribution in [2.75, 3.05) is 0 Å². The quantitative estimate of drug-likeness (QED) is 0.457. The van der Waals surface area contributed by atoms with E-state index in [0.29, 0.717) is 0 Å². The molecule has 0 spiro atoms. The Morgan fingerprint density at radius 1 is 1.10 bits per heavy atom. The molecule has 2 rings (SSSR count). The van der Waals surface area contributed by atoms with Gasteiger partial charge < -0.3 is 4.84 Å². The van der Waals surface area contributed by atoms with Crippen molar-refractivity contribution in [2.45, 2.75) is 13.0 Å². The minimum atomic E-state index is -2.66. The third-order valence-corrected chi connectivity index (χ3v) is 2.65. The van der Waals surface area contributed by atoms with Crippen molar-refractivity contribution in [3.63, 3.8) is 0 Å². The van der Waals surface area contributed by atoms with Crippen LogP contribution in [0.15, 0.2) is 47.6 Å². The van der Waals surface area contributed by atoms with Crippen LogP contribution < -0.4 is 0 Å². The fourth-order valence-corrected chi connectivity index (χ4v) is 1.63. The van der Waals surface area contributed by atoms with E-state index < -0.39 is 18.1 Å². The summed E-state index contributed by atoms with van der Waals surface area (Å²) in [5, 5.41) is 3.38. The highest BCUT2D eigenvalue weighted by Crippen LogP contribution is 2.21. The average molecular weight is 296 g/mol. The molecule has 0 aromatic heterocycles. The maximum absolute atomic E-state index is 13.3. The smallest absolute Gasteiger partial charge is 0.264 e. The Balaban J connectivity index is 2.02. The number of nitrogens with zero attached hydrogens (tertiary/aromatic N) is 1. The van der Waals surface area contributed by atoms with Crippen molar-refractivity contribution >= 4 is 6.21 Å². The first-order valence-corrected chi connectivity index (χ1v) is 5.97. The van der Waals surface area contributed by atoms with Crippen LogP contribution in [0.2, 0.25) is 0 Å². The van der Waals surface area contributed by atoms with Gasteiger partial charge in [0.15, 0.2) is 0 Å². The molecule has 2 aromatic carbocycles. The summed E-state index contributed by atoms with van der Waals surface area (Å²) in [6, 6.07) is 8.58. The van der Waals surface area contributed by atoms with Gasteiger partial charge in [-0.1, -0.05) is 29.4 Å².